The fourth-order valence-electron chi connectivity index (χ4n) is 1.79. The van der Waals surface area contributed by atoms with Gasteiger partial charge >= 0.3 is 5.97 Å². The number of ether oxygens (including phenoxy) is 3. The van der Waals surface area contributed by atoms with E-state index in [0.29, 0.717) is 17.2 Å². The molecule has 2 heterocycles. The lowest BCUT2D eigenvalue weighted by molar-refractivity contribution is -0.128. The van der Waals surface area contributed by atoms with Gasteiger partial charge in [0, 0.05) is 17.0 Å². The van der Waals surface area contributed by atoms with Crippen LogP contribution in [-0.2, 0) is 4.79 Å². The fraction of sp³-hybridized carbons (Fsp3) is 0.133. The Labute approximate surface area is 120 Å². The van der Waals surface area contributed by atoms with Crippen molar-refractivity contribution in [1.29, 1.82) is 0 Å². The van der Waals surface area contributed by atoms with Crippen LogP contribution in [0, 0.1) is 6.92 Å². The van der Waals surface area contributed by atoms with Gasteiger partial charge in [-0.05, 0) is 42.1 Å². The third kappa shape index (κ3) is 2.67. The van der Waals surface area contributed by atoms with Crippen molar-refractivity contribution in [2.45, 2.75) is 6.92 Å². The first kappa shape index (κ1) is 12.7. The highest BCUT2D eigenvalue weighted by Gasteiger charge is 2.14. The average Bonchev–Trinajstić information content (AvgIpc) is 3.04. The number of fused-ring (bicyclic) bond motifs is 1. The summed E-state index contributed by atoms with van der Waals surface area (Å²) in [6.45, 7) is 2.20. The zero-order valence-corrected chi connectivity index (χ0v) is 11.6. The molecule has 0 fully saturated rings. The largest absolute Gasteiger partial charge is 0.454 e. The number of thiophene rings is 1. The number of benzene rings is 1. The highest BCUT2D eigenvalue weighted by molar-refractivity contribution is 7.11. The first-order valence-corrected chi connectivity index (χ1v) is 6.94. The number of aryl methyl sites for hydroxylation is 1. The fourth-order valence-corrected chi connectivity index (χ4v) is 2.61. The predicted octanol–water partition coefficient (Wildman–Crippen LogP) is 3.40. The van der Waals surface area contributed by atoms with Crippen molar-refractivity contribution in [2.24, 2.45) is 0 Å². The molecular formula is C15H12O4S. The Bertz CT molecular complexity index is 672. The van der Waals surface area contributed by atoms with Gasteiger partial charge in [-0.25, -0.2) is 4.79 Å². The maximum Gasteiger partial charge on any atom is 0.336 e. The van der Waals surface area contributed by atoms with Gasteiger partial charge in [-0.2, -0.15) is 0 Å². The van der Waals surface area contributed by atoms with Crippen LogP contribution in [0.2, 0.25) is 0 Å². The van der Waals surface area contributed by atoms with Gasteiger partial charge in [0.1, 0.15) is 5.75 Å². The van der Waals surface area contributed by atoms with Crippen LogP contribution < -0.4 is 14.2 Å². The molecule has 1 aromatic heterocycles. The molecule has 0 aliphatic carbocycles. The summed E-state index contributed by atoms with van der Waals surface area (Å²) >= 11 is 1.58. The van der Waals surface area contributed by atoms with E-state index in [1.165, 1.54) is 6.08 Å². The standard InChI is InChI=1S/C15H12O4S/c1-10-6-7-20-14(10)4-5-15(16)19-11-2-3-12-13(8-11)18-9-17-12/h2-8H,9H2,1H3/b5-4+. The molecule has 1 aliphatic rings. The molecule has 102 valence electrons. The van der Waals surface area contributed by atoms with Crippen molar-refractivity contribution in [3.63, 3.8) is 0 Å². The Morgan fingerprint density at radius 1 is 1.30 bits per heavy atom. The number of rotatable bonds is 3. The SMILES string of the molecule is Cc1ccsc1/C=C/C(=O)Oc1ccc2c(c1)OCO2. The Morgan fingerprint density at radius 3 is 2.95 bits per heavy atom. The van der Waals surface area contributed by atoms with Crippen LogP contribution in [0.5, 0.6) is 17.2 Å². The number of carbonyl (C=O) groups is 1. The minimum Gasteiger partial charge on any atom is -0.454 e. The molecule has 3 rings (SSSR count). The highest BCUT2D eigenvalue weighted by Crippen LogP contribution is 2.35. The van der Waals surface area contributed by atoms with E-state index in [0.717, 1.165) is 10.4 Å². The van der Waals surface area contributed by atoms with E-state index in [4.69, 9.17) is 14.2 Å². The molecule has 0 spiro atoms. The second-order valence-corrected chi connectivity index (χ2v) is 5.19. The van der Waals surface area contributed by atoms with E-state index in [1.807, 2.05) is 18.4 Å². The van der Waals surface area contributed by atoms with Crippen LogP contribution >= 0.6 is 11.3 Å². The summed E-state index contributed by atoms with van der Waals surface area (Å²) in [6.07, 6.45) is 3.18. The van der Waals surface area contributed by atoms with Gasteiger partial charge in [0.15, 0.2) is 11.5 Å². The normalized spacial score (nSPS) is 12.8. The van der Waals surface area contributed by atoms with Gasteiger partial charge in [0.2, 0.25) is 6.79 Å². The Morgan fingerprint density at radius 2 is 2.15 bits per heavy atom. The van der Waals surface area contributed by atoms with E-state index in [2.05, 4.69) is 0 Å². The van der Waals surface area contributed by atoms with Gasteiger partial charge in [0.25, 0.3) is 0 Å². The summed E-state index contributed by atoms with van der Waals surface area (Å²) in [7, 11) is 0. The Balaban J connectivity index is 1.67. The van der Waals surface area contributed by atoms with Crippen molar-refractivity contribution >= 4 is 23.4 Å². The lowest BCUT2D eigenvalue weighted by Gasteiger charge is -2.02. The molecule has 1 aromatic carbocycles. The zero-order valence-electron chi connectivity index (χ0n) is 10.8. The van der Waals surface area contributed by atoms with E-state index < -0.39 is 5.97 Å². The summed E-state index contributed by atoms with van der Waals surface area (Å²) < 4.78 is 15.6. The third-order valence-electron chi connectivity index (χ3n) is 2.83. The smallest absolute Gasteiger partial charge is 0.336 e. The molecule has 0 saturated carbocycles. The predicted molar refractivity (Wildman–Crippen MR) is 76.3 cm³/mol. The van der Waals surface area contributed by atoms with Crippen LogP contribution in [0.1, 0.15) is 10.4 Å². The van der Waals surface area contributed by atoms with Gasteiger partial charge in [-0.1, -0.05) is 0 Å². The molecular weight excluding hydrogens is 276 g/mol. The van der Waals surface area contributed by atoms with Crippen molar-refractivity contribution in [3.8, 4) is 17.2 Å². The second-order valence-electron chi connectivity index (χ2n) is 4.24. The summed E-state index contributed by atoms with van der Waals surface area (Å²) in [4.78, 5) is 12.8. The van der Waals surface area contributed by atoms with Crippen LogP contribution in [0.25, 0.3) is 6.08 Å². The van der Waals surface area contributed by atoms with Crippen LogP contribution in [0.15, 0.2) is 35.7 Å². The average molecular weight is 288 g/mol. The van der Waals surface area contributed by atoms with Crippen molar-refractivity contribution in [3.05, 3.63) is 46.2 Å². The monoisotopic (exact) mass is 288 g/mol. The second kappa shape index (κ2) is 5.38. The topological polar surface area (TPSA) is 44.8 Å². The van der Waals surface area contributed by atoms with E-state index in [1.54, 1.807) is 35.6 Å². The molecule has 0 N–H and O–H groups in total. The quantitative estimate of drug-likeness (QED) is 0.493. The molecule has 2 aromatic rings. The molecule has 0 amide bonds. The van der Waals surface area contributed by atoms with E-state index in [-0.39, 0.29) is 6.79 Å². The summed E-state index contributed by atoms with van der Waals surface area (Å²) in [6, 6.07) is 7.05. The molecule has 5 heteroatoms. The lowest BCUT2D eigenvalue weighted by Crippen LogP contribution is -2.03. The summed E-state index contributed by atoms with van der Waals surface area (Å²) in [5, 5.41) is 1.98. The number of esters is 1. The summed E-state index contributed by atoms with van der Waals surface area (Å²) in [5.41, 5.74) is 1.14. The minimum atomic E-state index is -0.420. The molecule has 4 nitrogen and oxygen atoms in total. The molecule has 0 bridgehead atoms. The molecule has 0 radical (unpaired) electrons. The maximum atomic E-state index is 11.7. The summed E-state index contributed by atoms with van der Waals surface area (Å²) in [5.74, 6) is 1.27. The number of hydrogen-bond acceptors (Lipinski definition) is 5. The zero-order chi connectivity index (χ0) is 13.9. The van der Waals surface area contributed by atoms with Crippen LogP contribution in [-0.4, -0.2) is 12.8 Å². The first-order chi connectivity index (χ1) is 9.72. The maximum absolute atomic E-state index is 11.7. The number of hydrogen-bond donors (Lipinski definition) is 0. The van der Waals surface area contributed by atoms with Crippen LogP contribution in [0.3, 0.4) is 0 Å². The molecule has 0 atom stereocenters. The molecule has 0 saturated heterocycles. The molecule has 1 aliphatic heterocycles. The third-order valence-corrected chi connectivity index (χ3v) is 3.82. The van der Waals surface area contributed by atoms with E-state index >= 15 is 0 Å². The van der Waals surface area contributed by atoms with Gasteiger partial charge in [-0.15, -0.1) is 11.3 Å². The van der Waals surface area contributed by atoms with Crippen molar-refractivity contribution < 1.29 is 19.0 Å². The van der Waals surface area contributed by atoms with Gasteiger partial charge in [0.05, 0.1) is 0 Å². The van der Waals surface area contributed by atoms with E-state index in [9.17, 15) is 4.79 Å². The molecule has 0 unspecified atom stereocenters. The Kier molecular flexibility index (Phi) is 3.43. The van der Waals surface area contributed by atoms with Gasteiger partial charge < -0.3 is 14.2 Å². The van der Waals surface area contributed by atoms with Crippen LogP contribution in [0.4, 0.5) is 0 Å². The minimum absolute atomic E-state index is 0.199. The highest BCUT2D eigenvalue weighted by atomic mass is 32.1. The molecule has 20 heavy (non-hydrogen) atoms. The first-order valence-electron chi connectivity index (χ1n) is 6.06. The Hall–Kier alpha value is -2.27. The lowest BCUT2D eigenvalue weighted by atomic mass is 10.3. The van der Waals surface area contributed by atoms with Crippen molar-refractivity contribution in [1.82, 2.24) is 0 Å². The van der Waals surface area contributed by atoms with Crippen molar-refractivity contribution in [2.75, 3.05) is 6.79 Å². The number of carbonyl (C=O) groups excluding carboxylic acids is 1. The van der Waals surface area contributed by atoms with Gasteiger partial charge in [-0.3, -0.25) is 0 Å².